The SMILES string of the molecule is C[C@@H](O)c1nnc(CO)o1. The maximum atomic E-state index is 8.85. The summed E-state index contributed by atoms with van der Waals surface area (Å²) in [4.78, 5) is 0. The Balaban J connectivity index is 2.78. The zero-order valence-electron chi connectivity index (χ0n) is 5.48. The van der Waals surface area contributed by atoms with E-state index < -0.39 is 6.10 Å². The Morgan fingerprint density at radius 2 is 2.30 bits per heavy atom. The zero-order valence-corrected chi connectivity index (χ0v) is 5.48. The fraction of sp³-hybridized carbons (Fsp3) is 0.600. The van der Waals surface area contributed by atoms with E-state index in [2.05, 4.69) is 10.2 Å². The predicted octanol–water partition coefficient (Wildman–Crippen LogP) is -0.385. The fourth-order valence-electron chi connectivity index (χ4n) is 0.499. The molecule has 0 aliphatic rings. The smallest absolute Gasteiger partial charge is 0.244 e. The minimum absolute atomic E-state index is 0.121. The van der Waals surface area contributed by atoms with Crippen LogP contribution in [0.2, 0.25) is 0 Å². The van der Waals surface area contributed by atoms with Crippen molar-refractivity contribution in [2.24, 2.45) is 0 Å². The largest absolute Gasteiger partial charge is 0.420 e. The Bertz CT molecular complexity index is 208. The molecule has 5 nitrogen and oxygen atoms in total. The van der Waals surface area contributed by atoms with Gasteiger partial charge >= 0.3 is 0 Å². The van der Waals surface area contributed by atoms with Gasteiger partial charge in [-0.2, -0.15) is 0 Å². The first kappa shape index (κ1) is 7.17. The van der Waals surface area contributed by atoms with Gasteiger partial charge < -0.3 is 14.6 Å². The third kappa shape index (κ3) is 1.31. The van der Waals surface area contributed by atoms with Gasteiger partial charge in [0.05, 0.1) is 0 Å². The third-order valence-electron chi connectivity index (χ3n) is 0.975. The van der Waals surface area contributed by atoms with Crippen LogP contribution in [0.25, 0.3) is 0 Å². The monoisotopic (exact) mass is 144 g/mol. The van der Waals surface area contributed by atoms with Gasteiger partial charge in [0, 0.05) is 0 Å². The van der Waals surface area contributed by atoms with E-state index in [9.17, 15) is 0 Å². The van der Waals surface area contributed by atoms with Gasteiger partial charge in [0.1, 0.15) is 12.7 Å². The maximum absolute atomic E-state index is 8.85. The van der Waals surface area contributed by atoms with E-state index in [4.69, 9.17) is 14.6 Å². The van der Waals surface area contributed by atoms with Gasteiger partial charge in [-0.05, 0) is 6.92 Å². The molecular weight excluding hydrogens is 136 g/mol. The van der Waals surface area contributed by atoms with E-state index in [1.807, 2.05) is 0 Å². The molecule has 1 heterocycles. The van der Waals surface area contributed by atoms with Gasteiger partial charge in [0.2, 0.25) is 11.8 Å². The summed E-state index contributed by atoms with van der Waals surface area (Å²) in [6.07, 6.45) is -0.771. The van der Waals surface area contributed by atoms with E-state index in [1.54, 1.807) is 0 Å². The van der Waals surface area contributed by atoms with Crippen molar-refractivity contribution in [2.45, 2.75) is 19.6 Å². The molecule has 0 fully saturated rings. The van der Waals surface area contributed by atoms with Crippen LogP contribution in [0.3, 0.4) is 0 Å². The molecule has 0 radical (unpaired) electrons. The number of aliphatic hydroxyl groups is 2. The van der Waals surface area contributed by atoms with Crippen LogP contribution in [0.15, 0.2) is 4.42 Å². The molecule has 1 rings (SSSR count). The van der Waals surface area contributed by atoms with Crippen LogP contribution in [0.4, 0.5) is 0 Å². The molecule has 0 aromatic carbocycles. The topological polar surface area (TPSA) is 79.4 Å². The van der Waals surface area contributed by atoms with Crippen LogP contribution in [0.1, 0.15) is 24.8 Å². The van der Waals surface area contributed by atoms with Crippen molar-refractivity contribution in [1.29, 1.82) is 0 Å². The number of hydrogen-bond acceptors (Lipinski definition) is 5. The van der Waals surface area contributed by atoms with Gasteiger partial charge in [-0.15, -0.1) is 10.2 Å². The molecule has 5 heteroatoms. The van der Waals surface area contributed by atoms with Crippen LogP contribution in [-0.4, -0.2) is 20.4 Å². The standard InChI is InChI=1S/C5H8N2O3/c1-3(9)5-7-6-4(2-8)10-5/h3,8-9H,2H2,1H3/t3-/m1/s1. The lowest BCUT2D eigenvalue weighted by atomic mass is 10.4. The lowest BCUT2D eigenvalue weighted by Crippen LogP contribution is -1.89. The van der Waals surface area contributed by atoms with E-state index in [-0.39, 0.29) is 18.4 Å². The molecule has 1 aromatic rings. The average Bonchev–Trinajstić information content (AvgIpc) is 2.34. The quantitative estimate of drug-likeness (QED) is 0.591. The summed E-state index contributed by atoms with van der Waals surface area (Å²) in [5, 5.41) is 24.2. The summed E-state index contributed by atoms with van der Waals surface area (Å²) in [5.74, 6) is 0.250. The van der Waals surface area contributed by atoms with E-state index >= 15 is 0 Å². The van der Waals surface area contributed by atoms with Crippen molar-refractivity contribution in [3.05, 3.63) is 11.8 Å². The first-order chi connectivity index (χ1) is 4.74. The van der Waals surface area contributed by atoms with Gasteiger partial charge in [-0.1, -0.05) is 0 Å². The number of rotatable bonds is 2. The Kier molecular flexibility index (Phi) is 1.98. The lowest BCUT2D eigenvalue weighted by Gasteiger charge is -1.92. The van der Waals surface area contributed by atoms with Gasteiger partial charge in [-0.3, -0.25) is 0 Å². The number of aromatic nitrogens is 2. The highest BCUT2D eigenvalue weighted by molar-refractivity contribution is 4.82. The molecule has 1 atom stereocenters. The summed E-state index contributed by atoms with van der Waals surface area (Å²) < 4.78 is 4.77. The van der Waals surface area contributed by atoms with Gasteiger partial charge in [0.25, 0.3) is 0 Å². The molecule has 0 aliphatic heterocycles. The van der Waals surface area contributed by atoms with Crippen LogP contribution in [-0.2, 0) is 6.61 Å². The molecule has 2 N–H and O–H groups in total. The Morgan fingerprint density at radius 3 is 2.60 bits per heavy atom. The Hall–Kier alpha value is -0.940. The van der Waals surface area contributed by atoms with Crippen molar-refractivity contribution >= 4 is 0 Å². The molecule has 56 valence electrons. The molecular formula is C5H8N2O3. The molecule has 0 saturated carbocycles. The van der Waals surface area contributed by atoms with Crippen molar-refractivity contribution in [3.63, 3.8) is 0 Å². The lowest BCUT2D eigenvalue weighted by molar-refractivity contribution is 0.154. The molecule has 0 aliphatic carbocycles. The molecule has 0 spiro atoms. The number of hydrogen-bond donors (Lipinski definition) is 2. The Labute approximate surface area is 57.3 Å². The average molecular weight is 144 g/mol. The maximum Gasteiger partial charge on any atom is 0.244 e. The number of aliphatic hydroxyl groups excluding tert-OH is 2. The molecule has 0 unspecified atom stereocenters. The molecule has 10 heavy (non-hydrogen) atoms. The minimum Gasteiger partial charge on any atom is -0.420 e. The zero-order chi connectivity index (χ0) is 7.56. The van der Waals surface area contributed by atoms with E-state index in [1.165, 1.54) is 6.92 Å². The highest BCUT2D eigenvalue weighted by atomic mass is 16.4. The minimum atomic E-state index is -0.771. The summed E-state index contributed by atoms with van der Waals surface area (Å²) in [5.41, 5.74) is 0. The summed E-state index contributed by atoms with van der Waals surface area (Å²) in [6.45, 7) is 1.22. The highest BCUT2D eigenvalue weighted by Gasteiger charge is 2.08. The highest BCUT2D eigenvalue weighted by Crippen LogP contribution is 2.08. The molecule has 0 saturated heterocycles. The van der Waals surface area contributed by atoms with E-state index in [0.717, 1.165) is 0 Å². The Morgan fingerprint density at radius 1 is 1.60 bits per heavy atom. The molecule has 1 aromatic heterocycles. The second-order valence-electron chi connectivity index (χ2n) is 1.87. The number of nitrogens with zero attached hydrogens (tertiary/aromatic N) is 2. The van der Waals surface area contributed by atoms with Crippen molar-refractivity contribution < 1.29 is 14.6 Å². The summed E-state index contributed by atoms with van der Waals surface area (Å²) >= 11 is 0. The normalized spacial score (nSPS) is 13.5. The van der Waals surface area contributed by atoms with Crippen LogP contribution in [0, 0.1) is 0 Å². The third-order valence-corrected chi connectivity index (χ3v) is 0.975. The van der Waals surface area contributed by atoms with Crippen LogP contribution in [0.5, 0.6) is 0 Å². The first-order valence-corrected chi connectivity index (χ1v) is 2.85. The summed E-state index contributed by atoms with van der Waals surface area (Å²) in [7, 11) is 0. The van der Waals surface area contributed by atoms with Gasteiger partial charge in [-0.25, -0.2) is 0 Å². The molecule has 0 amide bonds. The van der Waals surface area contributed by atoms with Gasteiger partial charge in [0.15, 0.2) is 0 Å². The second kappa shape index (κ2) is 2.76. The first-order valence-electron chi connectivity index (χ1n) is 2.85. The second-order valence-corrected chi connectivity index (χ2v) is 1.87. The predicted molar refractivity (Wildman–Crippen MR) is 30.9 cm³/mol. The van der Waals surface area contributed by atoms with Crippen molar-refractivity contribution in [3.8, 4) is 0 Å². The van der Waals surface area contributed by atoms with Crippen molar-refractivity contribution in [2.75, 3.05) is 0 Å². The van der Waals surface area contributed by atoms with Crippen LogP contribution >= 0.6 is 0 Å². The van der Waals surface area contributed by atoms with E-state index in [0.29, 0.717) is 0 Å². The molecule has 0 bridgehead atoms. The summed E-state index contributed by atoms with van der Waals surface area (Å²) in [6, 6.07) is 0. The van der Waals surface area contributed by atoms with Crippen LogP contribution < -0.4 is 0 Å². The fourth-order valence-corrected chi connectivity index (χ4v) is 0.499. The van der Waals surface area contributed by atoms with Crippen molar-refractivity contribution in [1.82, 2.24) is 10.2 Å².